The lowest BCUT2D eigenvalue weighted by atomic mass is 10.3. The predicted molar refractivity (Wildman–Crippen MR) is 60.1 cm³/mol. The van der Waals surface area contributed by atoms with Gasteiger partial charge < -0.3 is 10.5 Å². The average Bonchev–Trinajstić information content (AvgIpc) is 2.31. The number of aromatic nitrogens is 3. The Morgan fingerprint density at radius 2 is 1.78 bits per heavy atom. The second-order valence-corrected chi connectivity index (χ2v) is 3.67. The minimum atomic E-state index is -0.796. The van der Waals surface area contributed by atoms with Gasteiger partial charge in [-0.1, -0.05) is 5.10 Å². The maximum absolute atomic E-state index is 13.4. The van der Waals surface area contributed by atoms with Gasteiger partial charge in [-0.15, -0.1) is 5.10 Å². The number of ether oxygens (including phenoxy) is 1. The molecule has 0 saturated heterocycles. The van der Waals surface area contributed by atoms with E-state index >= 15 is 0 Å². The average molecular weight is 252 g/mol. The molecule has 2 rings (SSSR count). The van der Waals surface area contributed by atoms with Gasteiger partial charge in [0, 0.05) is 12.1 Å². The monoisotopic (exact) mass is 252 g/mol. The third-order valence-corrected chi connectivity index (χ3v) is 2.32. The largest absolute Gasteiger partial charge is 0.420 e. The highest BCUT2D eigenvalue weighted by atomic mass is 19.1. The topological polar surface area (TPSA) is 73.9 Å². The molecule has 0 amide bonds. The summed E-state index contributed by atoms with van der Waals surface area (Å²) in [7, 11) is 0. The Bertz CT molecular complexity index is 604. The quantitative estimate of drug-likeness (QED) is 0.829. The molecule has 1 heterocycles. The summed E-state index contributed by atoms with van der Waals surface area (Å²) in [6.45, 7) is 3.43. The Kier molecular flexibility index (Phi) is 3.05. The summed E-state index contributed by atoms with van der Waals surface area (Å²) in [5.74, 6) is -1.91. The zero-order valence-corrected chi connectivity index (χ0v) is 9.74. The zero-order chi connectivity index (χ0) is 13.3. The maximum atomic E-state index is 13.4. The Morgan fingerprint density at radius 1 is 1.06 bits per heavy atom. The minimum Gasteiger partial charge on any atom is -0.420 e. The SMILES string of the molecule is Cc1nnc(Oc2cc(F)c(N)cc2F)nc1C. The first kappa shape index (κ1) is 12.2. The van der Waals surface area contributed by atoms with Gasteiger partial charge in [-0.05, 0) is 13.8 Å². The van der Waals surface area contributed by atoms with E-state index in [1.165, 1.54) is 0 Å². The standard InChI is InChI=1S/C11H10F2N4O/c1-5-6(2)16-17-11(15-5)18-10-4-7(12)9(14)3-8(10)13/h3-4H,14H2,1-2H3. The van der Waals surface area contributed by atoms with Gasteiger partial charge >= 0.3 is 6.01 Å². The van der Waals surface area contributed by atoms with Crippen LogP contribution in [0.1, 0.15) is 11.4 Å². The Balaban J connectivity index is 2.34. The van der Waals surface area contributed by atoms with E-state index in [9.17, 15) is 8.78 Å². The first-order valence-electron chi connectivity index (χ1n) is 5.07. The number of nitrogens with two attached hydrogens (primary N) is 1. The molecule has 18 heavy (non-hydrogen) atoms. The van der Waals surface area contributed by atoms with Crippen LogP contribution in [0.15, 0.2) is 12.1 Å². The predicted octanol–water partition coefficient (Wildman–Crippen LogP) is 2.14. The van der Waals surface area contributed by atoms with Crippen LogP contribution in [0.4, 0.5) is 14.5 Å². The minimum absolute atomic E-state index is 0.152. The molecule has 0 radical (unpaired) electrons. The smallest absolute Gasteiger partial charge is 0.341 e. The summed E-state index contributed by atoms with van der Waals surface area (Å²) in [5.41, 5.74) is 6.14. The van der Waals surface area contributed by atoms with E-state index in [0.29, 0.717) is 11.4 Å². The number of aryl methyl sites for hydroxylation is 2. The van der Waals surface area contributed by atoms with Crippen LogP contribution >= 0.6 is 0 Å². The van der Waals surface area contributed by atoms with Crippen LogP contribution in [0, 0.1) is 25.5 Å². The van der Waals surface area contributed by atoms with E-state index in [0.717, 1.165) is 12.1 Å². The second kappa shape index (κ2) is 4.52. The number of hydrogen-bond donors (Lipinski definition) is 1. The highest BCUT2D eigenvalue weighted by Crippen LogP contribution is 2.26. The van der Waals surface area contributed by atoms with Gasteiger partial charge in [0.05, 0.1) is 17.1 Å². The molecular formula is C11H10F2N4O. The summed E-state index contributed by atoms with van der Waals surface area (Å²) in [4.78, 5) is 3.95. The van der Waals surface area contributed by atoms with Crippen molar-refractivity contribution in [2.45, 2.75) is 13.8 Å². The molecule has 0 bridgehead atoms. The van der Waals surface area contributed by atoms with E-state index in [-0.39, 0.29) is 17.4 Å². The number of benzene rings is 1. The van der Waals surface area contributed by atoms with Crippen LogP contribution in [0.5, 0.6) is 11.8 Å². The summed E-state index contributed by atoms with van der Waals surface area (Å²) < 4.78 is 31.7. The Morgan fingerprint density at radius 3 is 2.44 bits per heavy atom. The molecule has 0 aliphatic heterocycles. The van der Waals surface area contributed by atoms with Gasteiger partial charge in [0.2, 0.25) is 0 Å². The summed E-state index contributed by atoms with van der Waals surface area (Å²) in [6.07, 6.45) is 0. The molecule has 94 valence electrons. The van der Waals surface area contributed by atoms with Gasteiger partial charge in [0.15, 0.2) is 11.6 Å². The molecule has 0 fully saturated rings. The molecular weight excluding hydrogens is 242 g/mol. The van der Waals surface area contributed by atoms with Crippen molar-refractivity contribution < 1.29 is 13.5 Å². The first-order chi connectivity index (χ1) is 8.47. The van der Waals surface area contributed by atoms with Gasteiger partial charge in [-0.2, -0.15) is 4.98 Å². The lowest BCUT2D eigenvalue weighted by molar-refractivity contribution is 0.399. The fourth-order valence-corrected chi connectivity index (χ4v) is 1.20. The lowest BCUT2D eigenvalue weighted by Crippen LogP contribution is -2.01. The number of rotatable bonds is 2. The van der Waals surface area contributed by atoms with Crippen LogP contribution in [0.3, 0.4) is 0 Å². The Hall–Kier alpha value is -2.31. The first-order valence-corrected chi connectivity index (χ1v) is 5.07. The Labute approximate surface area is 102 Å². The fraction of sp³-hybridized carbons (Fsp3) is 0.182. The molecule has 1 aromatic carbocycles. The highest BCUT2D eigenvalue weighted by Gasteiger charge is 2.12. The molecule has 0 aliphatic carbocycles. The van der Waals surface area contributed by atoms with Crippen LogP contribution in [0.2, 0.25) is 0 Å². The van der Waals surface area contributed by atoms with Crippen molar-refractivity contribution in [2.24, 2.45) is 0 Å². The molecule has 2 N–H and O–H groups in total. The molecule has 0 atom stereocenters. The van der Waals surface area contributed by atoms with E-state index in [1.54, 1.807) is 13.8 Å². The third kappa shape index (κ3) is 2.34. The van der Waals surface area contributed by atoms with Gasteiger partial charge in [-0.3, -0.25) is 0 Å². The summed E-state index contributed by atoms with van der Waals surface area (Å²) >= 11 is 0. The van der Waals surface area contributed by atoms with Crippen LogP contribution in [-0.4, -0.2) is 15.2 Å². The number of halogens is 2. The second-order valence-electron chi connectivity index (χ2n) is 3.67. The van der Waals surface area contributed by atoms with Crippen molar-refractivity contribution in [3.8, 4) is 11.8 Å². The van der Waals surface area contributed by atoms with E-state index < -0.39 is 11.6 Å². The molecule has 0 saturated carbocycles. The third-order valence-electron chi connectivity index (χ3n) is 2.32. The summed E-state index contributed by atoms with van der Waals surface area (Å²) in [5, 5.41) is 7.39. The van der Waals surface area contributed by atoms with Crippen molar-refractivity contribution in [1.29, 1.82) is 0 Å². The van der Waals surface area contributed by atoms with E-state index in [2.05, 4.69) is 15.2 Å². The zero-order valence-electron chi connectivity index (χ0n) is 9.74. The van der Waals surface area contributed by atoms with E-state index in [4.69, 9.17) is 10.5 Å². The van der Waals surface area contributed by atoms with Crippen LogP contribution < -0.4 is 10.5 Å². The number of hydrogen-bond acceptors (Lipinski definition) is 5. The van der Waals surface area contributed by atoms with Crippen LogP contribution in [0.25, 0.3) is 0 Å². The van der Waals surface area contributed by atoms with Gasteiger partial charge in [-0.25, -0.2) is 8.78 Å². The van der Waals surface area contributed by atoms with Crippen molar-refractivity contribution in [3.63, 3.8) is 0 Å². The number of nitrogens with zero attached hydrogens (tertiary/aromatic N) is 3. The molecule has 1 aromatic heterocycles. The number of anilines is 1. The van der Waals surface area contributed by atoms with Crippen molar-refractivity contribution in [2.75, 3.05) is 5.73 Å². The molecule has 0 aliphatic rings. The highest BCUT2D eigenvalue weighted by molar-refractivity contribution is 5.45. The molecule has 0 spiro atoms. The lowest BCUT2D eigenvalue weighted by Gasteiger charge is -2.06. The molecule has 5 nitrogen and oxygen atoms in total. The van der Waals surface area contributed by atoms with Gasteiger partial charge in [0.1, 0.15) is 5.82 Å². The molecule has 2 aromatic rings. The molecule has 7 heteroatoms. The van der Waals surface area contributed by atoms with Crippen molar-refractivity contribution in [3.05, 3.63) is 35.2 Å². The van der Waals surface area contributed by atoms with Crippen molar-refractivity contribution >= 4 is 5.69 Å². The fourth-order valence-electron chi connectivity index (χ4n) is 1.20. The summed E-state index contributed by atoms with van der Waals surface area (Å²) in [6, 6.07) is 1.52. The normalized spacial score (nSPS) is 10.4. The van der Waals surface area contributed by atoms with Crippen LogP contribution in [-0.2, 0) is 0 Å². The van der Waals surface area contributed by atoms with Gasteiger partial charge in [0.25, 0.3) is 0 Å². The number of nitrogen functional groups attached to an aromatic ring is 1. The molecule has 0 unspecified atom stereocenters. The van der Waals surface area contributed by atoms with Crippen molar-refractivity contribution in [1.82, 2.24) is 15.2 Å². The van der Waals surface area contributed by atoms with E-state index in [1.807, 2.05) is 0 Å². The maximum Gasteiger partial charge on any atom is 0.341 e.